The Balaban J connectivity index is 1.66. The summed E-state index contributed by atoms with van der Waals surface area (Å²) in [5.41, 5.74) is 0.909. The highest BCUT2D eigenvalue weighted by molar-refractivity contribution is 6.46. The minimum Gasteiger partial charge on any atom is -0.507 e. The number of likely N-dealkylation sites (tertiary alicyclic amines) is 1. The Labute approximate surface area is 189 Å². The van der Waals surface area contributed by atoms with Crippen LogP contribution in [-0.2, 0) is 9.59 Å². The number of carbonyl (C=O) groups is 2. The summed E-state index contributed by atoms with van der Waals surface area (Å²) in [6, 6.07) is 8.59. The predicted molar refractivity (Wildman–Crippen MR) is 117 cm³/mol. The van der Waals surface area contributed by atoms with Gasteiger partial charge in [-0.05, 0) is 48.7 Å². The van der Waals surface area contributed by atoms with Crippen LogP contribution in [0.1, 0.15) is 42.9 Å². The number of phenols is 1. The third kappa shape index (κ3) is 3.37. The molecule has 166 valence electrons. The molecule has 1 atom stereocenters. The lowest BCUT2D eigenvalue weighted by Crippen LogP contribution is -2.37. The maximum absolute atomic E-state index is 13.2. The molecule has 2 aromatic rings. The van der Waals surface area contributed by atoms with E-state index in [-0.39, 0.29) is 28.1 Å². The summed E-state index contributed by atoms with van der Waals surface area (Å²) in [4.78, 5) is 27.8. The molecular weight excluding hydrogens is 434 g/mol. The normalized spacial score (nSPS) is 22.5. The van der Waals surface area contributed by atoms with Gasteiger partial charge in [-0.25, -0.2) is 0 Å². The average Bonchev–Trinajstić information content (AvgIpc) is 3.42. The topological polar surface area (TPSA) is 96.3 Å². The molecule has 1 saturated heterocycles. The quantitative estimate of drug-likeness (QED) is 0.409. The van der Waals surface area contributed by atoms with E-state index in [9.17, 15) is 19.8 Å². The van der Waals surface area contributed by atoms with Gasteiger partial charge in [-0.15, -0.1) is 0 Å². The summed E-state index contributed by atoms with van der Waals surface area (Å²) in [6.07, 6.45) is 3.52. The lowest BCUT2D eigenvalue weighted by molar-refractivity contribution is -0.141. The minimum absolute atomic E-state index is 0.000310. The maximum atomic E-state index is 13.2. The summed E-state index contributed by atoms with van der Waals surface area (Å²) in [7, 11) is 0. The minimum atomic E-state index is -0.801. The van der Waals surface area contributed by atoms with Gasteiger partial charge in [0.15, 0.2) is 11.5 Å². The van der Waals surface area contributed by atoms with E-state index in [1.165, 1.54) is 12.1 Å². The zero-order valence-electron chi connectivity index (χ0n) is 17.2. The zero-order valence-corrected chi connectivity index (χ0v) is 18.0. The van der Waals surface area contributed by atoms with Crippen molar-refractivity contribution in [3.8, 4) is 17.2 Å². The van der Waals surface area contributed by atoms with Crippen molar-refractivity contribution in [2.45, 2.75) is 37.8 Å². The molecule has 0 bridgehead atoms. The van der Waals surface area contributed by atoms with E-state index < -0.39 is 17.7 Å². The Morgan fingerprint density at radius 3 is 2.44 bits per heavy atom. The number of hydrogen-bond donors (Lipinski definition) is 2. The van der Waals surface area contributed by atoms with Crippen molar-refractivity contribution in [1.82, 2.24) is 4.90 Å². The molecule has 2 aliphatic heterocycles. The fourth-order valence-corrected chi connectivity index (χ4v) is 4.96. The number of benzene rings is 2. The summed E-state index contributed by atoms with van der Waals surface area (Å²) < 4.78 is 11.1. The Kier molecular flexibility index (Phi) is 5.21. The van der Waals surface area contributed by atoms with Crippen molar-refractivity contribution in [3.63, 3.8) is 0 Å². The van der Waals surface area contributed by atoms with Crippen LogP contribution in [-0.4, -0.2) is 46.1 Å². The first kappa shape index (κ1) is 20.7. The fraction of sp³-hybridized carbons (Fsp3) is 0.333. The van der Waals surface area contributed by atoms with Gasteiger partial charge in [0.2, 0.25) is 0 Å². The molecule has 7 nitrogen and oxygen atoms in total. The van der Waals surface area contributed by atoms with Gasteiger partial charge in [-0.3, -0.25) is 9.59 Å². The SMILES string of the molecule is O=C1C(=O)N(C2CCCC2)C(c2ccc(O)c(Cl)c2)/C1=C(/O)c1ccc2c(c1)OCCO2. The van der Waals surface area contributed by atoms with E-state index in [1.54, 1.807) is 29.2 Å². The van der Waals surface area contributed by atoms with Crippen LogP contribution in [0.25, 0.3) is 5.76 Å². The number of fused-ring (bicyclic) bond motifs is 1. The van der Waals surface area contributed by atoms with Crippen LogP contribution >= 0.6 is 11.6 Å². The van der Waals surface area contributed by atoms with E-state index in [0.717, 1.165) is 25.7 Å². The number of amides is 1. The maximum Gasteiger partial charge on any atom is 0.295 e. The number of halogens is 1. The van der Waals surface area contributed by atoms with E-state index in [4.69, 9.17) is 21.1 Å². The van der Waals surface area contributed by atoms with Crippen LogP contribution in [0.3, 0.4) is 0 Å². The highest BCUT2D eigenvalue weighted by Crippen LogP contribution is 2.45. The molecule has 8 heteroatoms. The Morgan fingerprint density at radius 2 is 1.72 bits per heavy atom. The highest BCUT2D eigenvalue weighted by Gasteiger charge is 2.49. The molecule has 2 heterocycles. The molecule has 2 N–H and O–H groups in total. The molecule has 1 saturated carbocycles. The number of rotatable bonds is 3. The molecule has 32 heavy (non-hydrogen) atoms. The fourth-order valence-electron chi connectivity index (χ4n) is 4.78. The van der Waals surface area contributed by atoms with Crippen LogP contribution in [0.2, 0.25) is 5.02 Å². The number of aliphatic hydroxyl groups is 1. The second-order valence-electron chi connectivity index (χ2n) is 8.21. The molecule has 1 aliphatic carbocycles. The van der Waals surface area contributed by atoms with Gasteiger partial charge in [0.1, 0.15) is 24.7 Å². The number of Topliss-reactive ketones (excluding diaryl/α,β-unsaturated/α-hetero) is 1. The molecule has 0 radical (unpaired) electrons. The number of aromatic hydroxyl groups is 1. The van der Waals surface area contributed by atoms with Crippen LogP contribution in [0.5, 0.6) is 17.2 Å². The van der Waals surface area contributed by atoms with Crippen LogP contribution in [0.4, 0.5) is 0 Å². The molecule has 3 aliphatic rings. The molecule has 2 aromatic carbocycles. The van der Waals surface area contributed by atoms with Gasteiger partial charge in [-0.2, -0.15) is 0 Å². The smallest absolute Gasteiger partial charge is 0.295 e. The second kappa shape index (κ2) is 8.06. The summed E-state index contributed by atoms with van der Waals surface area (Å²) in [5.74, 6) is -0.727. The number of aliphatic hydroxyl groups excluding tert-OH is 1. The second-order valence-corrected chi connectivity index (χ2v) is 8.62. The highest BCUT2D eigenvalue weighted by atomic mass is 35.5. The van der Waals surface area contributed by atoms with Crippen molar-refractivity contribution in [1.29, 1.82) is 0 Å². The molecule has 1 unspecified atom stereocenters. The molecule has 1 amide bonds. The first-order valence-electron chi connectivity index (χ1n) is 10.6. The van der Waals surface area contributed by atoms with E-state index in [2.05, 4.69) is 0 Å². The number of carbonyl (C=O) groups excluding carboxylic acids is 2. The Hall–Kier alpha value is -3.19. The van der Waals surface area contributed by atoms with E-state index in [1.807, 2.05) is 0 Å². The lowest BCUT2D eigenvalue weighted by Gasteiger charge is -2.31. The van der Waals surface area contributed by atoms with E-state index in [0.29, 0.717) is 35.8 Å². The largest absolute Gasteiger partial charge is 0.507 e. The van der Waals surface area contributed by atoms with Crippen molar-refractivity contribution in [3.05, 3.63) is 58.1 Å². The summed E-state index contributed by atoms with van der Waals surface area (Å²) in [6.45, 7) is 0.821. The molecule has 0 aromatic heterocycles. The molecule has 5 rings (SSSR count). The van der Waals surface area contributed by atoms with Crippen molar-refractivity contribution < 1.29 is 29.3 Å². The van der Waals surface area contributed by atoms with Crippen LogP contribution in [0.15, 0.2) is 42.0 Å². The molecule has 2 fully saturated rings. The van der Waals surface area contributed by atoms with Gasteiger partial charge in [0.05, 0.1) is 16.6 Å². The monoisotopic (exact) mass is 455 g/mol. The Morgan fingerprint density at radius 1 is 1.00 bits per heavy atom. The number of ketones is 1. The van der Waals surface area contributed by atoms with Crippen molar-refractivity contribution in [2.75, 3.05) is 13.2 Å². The van der Waals surface area contributed by atoms with Gasteiger partial charge in [0, 0.05) is 11.6 Å². The Bertz CT molecular complexity index is 1140. The average molecular weight is 456 g/mol. The van der Waals surface area contributed by atoms with Crippen molar-refractivity contribution >= 4 is 29.1 Å². The van der Waals surface area contributed by atoms with Gasteiger partial charge in [-0.1, -0.05) is 30.5 Å². The first-order chi connectivity index (χ1) is 15.5. The third-order valence-corrected chi connectivity index (χ3v) is 6.60. The molecule has 0 spiro atoms. The summed E-state index contributed by atoms with van der Waals surface area (Å²) >= 11 is 6.15. The van der Waals surface area contributed by atoms with Gasteiger partial charge >= 0.3 is 0 Å². The van der Waals surface area contributed by atoms with Crippen molar-refractivity contribution in [2.24, 2.45) is 0 Å². The number of hydrogen-bond acceptors (Lipinski definition) is 6. The van der Waals surface area contributed by atoms with Gasteiger partial charge in [0.25, 0.3) is 11.7 Å². The zero-order chi connectivity index (χ0) is 22.4. The number of phenolic OH excluding ortho intramolecular Hbond substituents is 1. The number of ether oxygens (including phenoxy) is 2. The van der Waals surface area contributed by atoms with Crippen LogP contribution in [0, 0.1) is 0 Å². The standard InChI is InChI=1S/C24H22ClNO6/c25-16-11-13(5-7-17(16)27)21-20(23(29)24(30)26(21)15-3-1-2-4-15)22(28)14-6-8-18-19(12-14)32-10-9-31-18/h5-8,11-12,15,21,27-28H,1-4,9-10H2/b22-20-. The van der Waals surface area contributed by atoms with Gasteiger partial charge < -0.3 is 24.6 Å². The predicted octanol–water partition coefficient (Wildman–Crippen LogP) is 4.18. The van der Waals surface area contributed by atoms with E-state index >= 15 is 0 Å². The first-order valence-corrected chi connectivity index (χ1v) is 11.0. The van der Waals surface area contributed by atoms with Crippen LogP contribution < -0.4 is 9.47 Å². The molecular formula is C24H22ClNO6. The summed E-state index contributed by atoms with van der Waals surface area (Å²) in [5, 5.41) is 21.2. The third-order valence-electron chi connectivity index (χ3n) is 6.30. The number of nitrogens with zero attached hydrogens (tertiary/aromatic N) is 1. The lowest BCUT2D eigenvalue weighted by atomic mass is 9.94.